The van der Waals surface area contributed by atoms with Crippen LogP contribution in [-0.4, -0.2) is 34.9 Å². The van der Waals surface area contributed by atoms with Crippen LogP contribution in [0.1, 0.15) is 26.3 Å². The molecule has 0 unspecified atom stereocenters. The largest absolute Gasteiger partial charge is 0.492 e. The molecule has 8 heteroatoms. The molecular weight excluding hydrogens is 358 g/mol. The van der Waals surface area contributed by atoms with Crippen LogP contribution in [0.3, 0.4) is 0 Å². The Morgan fingerprint density at radius 1 is 1.35 bits per heavy atom. The van der Waals surface area contributed by atoms with Crippen molar-refractivity contribution < 1.29 is 19.4 Å². The summed E-state index contributed by atoms with van der Waals surface area (Å²) in [6, 6.07) is 10.8. The van der Waals surface area contributed by atoms with Crippen molar-refractivity contribution in [1.82, 2.24) is 0 Å². The van der Waals surface area contributed by atoms with Gasteiger partial charge in [0.2, 0.25) is 0 Å². The number of nitrogens with zero attached hydrogens (tertiary/aromatic N) is 3. The maximum atomic E-state index is 13.0. The number of ketones is 2. The smallest absolute Gasteiger partial charge is 0.192 e. The highest BCUT2D eigenvalue weighted by Crippen LogP contribution is 2.35. The van der Waals surface area contributed by atoms with Crippen LogP contribution < -0.4 is 4.74 Å². The summed E-state index contributed by atoms with van der Waals surface area (Å²) in [6.07, 6.45) is -1.90. The van der Waals surface area contributed by atoms with Crippen molar-refractivity contribution >= 4 is 23.2 Å². The molecule has 1 aliphatic rings. The van der Waals surface area contributed by atoms with Gasteiger partial charge in [0.1, 0.15) is 18.5 Å². The van der Waals surface area contributed by atoms with Gasteiger partial charge < -0.3 is 9.84 Å². The third-order valence-corrected chi connectivity index (χ3v) is 4.53. The lowest BCUT2D eigenvalue weighted by Crippen LogP contribution is -2.57. The Morgan fingerprint density at radius 3 is 2.69 bits per heavy atom. The molecule has 0 bridgehead atoms. The van der Waals surface area contributed by atoms with Gasteiger partial charge >= 0.3 is 0 Å². The van der Waals surface area contributed by atoms with E-state index in [2.05, 4.69) is 10.0 Å². The van der Waals surface area contributed by atoms with E-state index in [1.807, 2.05) is 0 Å². The molecule has 1 heterocycles. The Labute approximate surface area is 153 Å². The van der Waals surface area contributed by atoms with Crippen LogP contribution in [0.25, 0.3) is 10.4 Å². The number of halogens is 1. The van der Waals surface area contributed by atoms with Crippen molar-refractivity contribution in [3.8, 4) is 5.75 Å². The van der Waals surface area contributed by atoms with Crippen molar-refractivity contribution in [2.45, 2.75) is 18.6 Å². The minimum Gasteiger partial charge on any atom is -0.492 e. The number of carbonyl (C=O) groups is 2. The molecule has 132 valence electrons. The number of carbonyl (C=O) groups excluding carboxylic acids is 2. The van der Waals surface area contributed by atoms with Crippen LogP contribution in [0.15, 0.2) is 47.6 Å². The van der Waals surface area contributed by atoms with Crippen LogP contribution in [0, 0.1) is 6.92 Å². The Bertz CT molecular complexity index is 938. The van der Waals surface area contributed by atoms with Gasteiger partial charge in [0.25, 0.3) is 0 Å². The fourth-order valence-corrected chi connectivity index (χ4v) is 2.96. The maximum absolute atomic E-state index is 13.0. The lowest BCUT2D eigenvalue weighted by Gasteiger charge is -2.35. The van der Waals surface area contributed by atoms with Crippen LogP contribution in [0.2, 0.25) is 5.02 Å². The van der Waals surface area contributed by atoms with Gasteiger partial charge in [-0.2, -0.15) is 0 Å². The predicted octanol–water partition coefficient (Wildman–Crippen LogP) is 3.52. The summed E-state index contributed by atoms with van der Waals surface area (Å²) in [6.45, 7) is 1.35. The Balaban J connectivity index is 2.05. The predicted molar refractivity (Wildman–Crippen MR) is 94.7 cm³/mol. The molecule has 0 spiro atoms. The standard InChI is InChI=1S/C18H14ClN3O4/c1-10-2-7-14-13(8-10)16(24)18(9-26-14,21-22-20)17(25)15(23)11-3-5-12(19)6-4-11/h2-8,17,25H,9H2,1H3/t17-,18-/m0/s1. The first-order valence-electron chi connectivity index (χ1n) is 7.71. The number of benzene rings is 2. The summed E-state index contributed by atoms with van der Waals surface area (Å²) < 4.78 is 5.52. The van der Waals surface area contributed by atoms with Gasteiger partial charge in [-0.3, -0.25) is 9.59 Å². The van der Waals surface area contributed by atoms with Crippen LogP contribution in [0.4, 0.5) is 0 Å². The van der Waals surface area contributed by atoms with Crippen LogP contribution in [0.5, 0.6) is 5.75 Å². The van der Waals surface area contributed by atoms with Gasteiger partial charge in [-0.15, -0.1) is 0 Å². The van der Waals surface area contributed by atoms with Crippen molar-refractivity contribution in [2.24, 2.45) is 5.11 Å². The number of ether oxygens (including phenoxy) is 1. The van der Waals surface area contributed by atoms with E-state index in [1.54, 1.807) is 25.1 Å². The number of aryl methyl sites for hydroxylation is 1. The molecule has 7 nitrogen and oxygen atoms in total. The molecule has 2 aromatic carbocycles. The van der Waals surface area contributed by atoms with Crippen LogP contribution >= 0.6 is 11.6 Å². The number of fused-ring (bicyclic) bond motifs is 1. The third-order valence-electron chi connectivity index (χ3n) is 4.27. The van der Waals surface area contributed by atoms with Gasteiger partial charge in [0, 0.05) is 15.5 Å². The molecule has 1 N–H and O–H groups in total. The zero-order valence-corrected chi connectivity index (χ0v) is 14.5. The summed E-state index contributed by atoms with van der Waals surface area (Å²) >= 11 is 5.80. The number of hydrogen-bond donors (Lipinski definition) is 1. The second-order valence-electron chi connectivity index (χ2n) is 6.00. The molecule has 0 radical (unpaired) electrons. The van der Waals surface area contributed by atoms with Gasteiger partial charge in [-0.05, 0) is 48.9 Å². The van der Waals surface area contributed by atoms with Gasteiger partial charge in [-0.1, -0.05) is 28.3 Å². The normalized spacial score (nSPS) is 19.7. The molecule has 0 aromatic heterocycles. The minimum atomic E-state index is -2.08. The first-order valence-corrected chi connectivity index (χ1v) is 8.09. The fourth-order valence-electron chi connectivity index (χ4n) is 2.83. The monoisotopic (exact) mass is 371 g/mol. The molecule has 0 saturated carbocycles. The number of Topliss-reactive ketones (excluding diaryl/α,β-unsaturated/α-hetero) is 2. The van der Waals surface area contributed by atoms with Gasteiger partial charge in [0.15, 0.2) is 17.1 Å². The molecule has 3 rings (SSSR count). The topological polar surface area (TPSA) is 112 Å². The Hall–Kier alpha value is -2.86. The molecule has 2 atom stereocenters. The molecule has 0 aliphatic carbocycles. The molecule has 0 fully saturated rings. The van der Waals surface area contributed by atoms with Gasteiger partial charge in [-0.25, -0.2) is 0 Å². The first kappa shape index (κ1) is 17.9. The van der Waals surface area contributed by atoms with E-state index in [9.17, 15) is 14.7 Å². The zero-order chi connectivity index (χ0) is 18.9. The fraction of sp³-hybridized carbons (Fsp3) is 0.222. The van der Waals surface area contributed by atoms with Crippen molar-refractivity contribution in [3.63, 3.8) is 0 Å². The summed E-state index contributed by atoms with van der Waals surface area (Å²) in [5.41, 5.74) is 7.96. The average Bonchev–Trinajstić information content (AvgIpc) is 2.64. The van der Waals surface area contributed by atoms with Crippen molar-refractivity contribution in [2.75, 3.05) is 6.61 Å². The highest BCUT2D eigenvalue weighted by Gasteiger charge is 2.52. The molecular formula is C18H14ClN3O4. The first-order chi connectivity index (χ1) is 12.4. The number of aliphatic hydroxyl groups excluding tert-OH is 1. The highest BCUT2D eigenvalue weighted by atomic mass is 35.5. The van der Waals surface area contributed by atoms with Crippen molar-refractivity contribution in [3.05, 3.63) is 74.6 Å². The van der Waals surface area contributed by atoms with Crippen molar-refractivity contribution in [1.29, 1.82) is 0 Å². The van der Waals surface area contributed by atoms with E-state index < -0.39 is 29.8 Å². The second kappa shape index (κ2) is 6.80. The van der Waals surface area contributed by atoms with E-state index in [-0.39, 0.29) is 11.1 Å². The van der Waals surface area contributed by atoms with E-state index in [0.29, 0.717) is 10.8 Å². The summed E-state index contributed by atoms with van der Waals surface area (Å²) in [4.78, 5) is 28.4. The average molecular weight is 372 g/mol. The second-order valence-corrected chi connectivity index (χ2v) is 6.44. The quantitative estimate of drug-likeness (QED) is 0.383. The maximum Gasteiger partial charge on any atom is 0.192 e. The van der Waals surface area contributed by atoms with Crippen LogP contribution in [-0.2, 0) is 0 Å². The summed E-state index contributed by atoms with van der Waals surface area (Å²) in [5.74, 6) is -1.10. The summed E-state index contributed by atoms with van der Waals surface area (Å²) in [7, 11) is 0. The van der Waals surface area contributed by atoms with E-state index in [1.165, 1.54) is 24.3 Å². The lowest BCUT2D eigenvalue weighted by atomic mass is 9.80. The number of hydrogen-bond acceptors (Lipinski definition) is 5. The van der Waals surface area contributed by atoms with E-state index in [4.69, 9.17) is 21.9 Å². The van der Waals surface area contributed by atoms with E-state index in [0.717, 1.165) is 5.56 Å². The molecule has 26 heavy (non-hydrogen) atoms. The SMILES string of the molecule is Cc1ccc2c(c1)C(=O)[C@](N=[N+]=[N-])([C@@H](O)C(=O)c1ccc(Cl)cc1)CO2. The Kier molecular flexibility index (Phi) is 4.70. The van der Waals surface area contributed by atoms with E-state index >= 15 is 0 Å². The number of aliphatic hydroxyl groups is 1. The molecule has 1 aliphatic heterocycles. The molecule has 0 saturated heterocycles. The molecule has 0 amide bonds. The number of rotatable bonds is 4. The summed E-state index contributed by atoms with van der Waals surface area (Å²) in [5, 5.41) is 14.6. The van der Waals surface area contributed by atoms with Gasteiger partial charge in [0.05, 0.1) is 5.56 Å². The lowest BCUT2D eigenvalue weighted by molar-refractivity contribution is 0.0311. The Morgan fingerprint density at radius 2 is 2.04 bits per heavy atom. The zero-order valence-electron chi connectivity index (χ0n) is 13.7. The minimum absolute atomic E-state index is 0.136. The number of azide groups is 1. The highest BCUT2D eigenvalue weighted by molar-refractivity contribution is 6.30. The third kappa shape index (κ3) is 2.93. The molecule has 2 aromatic rings.